The molecule has 3 rings (SSSR count). The van der Waals surface area contributed by atoms with Crippen molar-refractivity contribution < 1.29 is 9.53 Å². The Morgan fingerprint density at radius 1 is 1.44 bits per heavy atom. The normalized spacial score (nSPS) is 20.2. The van der Waals surface area contributed by atoms with Gasteiger partial charge in [-0.25, -0.2) is 0 Å². The maximum Gasteiger partial charge on any atom is 0.165 e. The maximum atomic E-state index is 11.7. The Hall–Kier alpha value is -1.36. The summed E-state index contributed by atoms with van der Waals surface area (Å²) in [7, 11) is 0. The van der Waals surface area contributed by atoms with Gasteiger partial charge in [-0.15, -0.1) is 0 Å². The average Bonchev–Trinajstić information content (AvgIpc) is 3.07. The molecule has 0 bridgehead atoms. The minimum atomic E-state index is 0.0959. The Labute approximate surface area is 107 Å². The van der Waals surface area contributed by atoms with Crippen molar-refractivity contribution in [3.8, 4) is 0 Å². The number of ether oxygens (including phenoxy) is 1. The largest absolute Gasteiger partial charge is 0.378 e. The highest BCUT2D eigenvalue weighted by Gasteiger charge is 2.25. The number of aromatic nitrogens is 2. The standard InChI is InChI=1S/C13H19N3O2/c1-10(17)12-9-16(8-11-2-3-11)14-13(12)15-4-6-18-7-5-15/h9,11H,2-8H2,1H3. The van der Waals surface area contributed by atoms with Gasteiger partial charge in [-0.3, -0.25) is 9.48 Å². The van der Waals surface area contributed by atoms with Gasteiger partial charge in [0.2, 0.25) is 0 Å². The molecule has 1 aliphatic heterocycles. The fourth-order valence-electron chi connectivity index (χ4n) is 2.33. The third-order valence-electron chi connectivity index (χ3n) is 3.57. The minimum Gasteiger partial charge on any atom is -0.378 e. The number of hydrogen-bond donors (Lipinski definition) is 0. The zero-order valence-corrected chi connectivity index (χ0v) is 10.8. The average molecular weight is 249 g/mol. The molecule has 2 fully saturated rings. The highest BCUT2D eigenvalue weighted by Crippen LogP contribution is 2.31. The van der Waals surface area contributed by atoms with E-state index in [9.17, 15) is 4.79 Å². The number of ketones is 1. The van der Waals surface area contributed by atoms with E-state index in [4.69, 9.17) is 4.74 Å². The summed E-state index contributed by atoms with van der Waals surface area (Å²) >= 11 is 0. The molecule has 1 aromatic rings. The van der Waals surface area contributed by atoms with Crippen LogP contribution >= 0.6 is 0 Å². The van der Waals surface area contributed by atoms with Crippen molar-refractivity contribution in [3.63, 3.8) is 0 Å². The minimum absolute atomic E-state index is 0.0959. The predicted molar refractivity (Wildman–Crippen MR) is 68.0 cm³/mol. The lowest BCUT2D eigenvalue weighted by Crippen LogP contribution is -2.37. The second kappa shape index (κ2) is 4.72. The molecule has 18 heavy (non-hydrogen) atoms. The van der Waals surface area contributed by atoms with Crippen molar-refractivity contribution >= 4 is 11.6 Å². The van der Waals surface area contributed by atoms with Crippen molar-refractivity contribution in [1.29, 1.82) is 0 Å². The summed E-state index contributed by atoms with van der Waals surface area (Å²) in [6, 6.07) is 0. The van der Waals surface area contributed by atoms with E-state index in [1.54, 1.807) is 6.92 Å². The molecule has 1 saturated heterocycles. The van der Waals surface area contributed by atoms with Crippen LogP contribution < -0.4 is 4.90 Å². The van der Waals surface area contributed by atoms with E-state index in [1.165, 1.54) is 12.8 Å². The van der Waals surface area contributed by atoms with Crippen LogP contribution in [0.25, 0.3) is 0 Å². The van der Waals surface area contributed by atoms with Gasteiger partial charge < -0.3 is 9.64 Å². The summed E-state index contributed by atoms with van der Waals surface area (Å²) in [5.41, 5.74) is 0.748. The molecule has 0 unspecified atom stereocenters. The molecule has 5 heteroatoms. The fraction of sp³-hybridized carbons (Fsp3) is 0.692. The highest BCUT2D eigenvalue weighted by atomic mass is 16.5. The van der Waals surface area contributed by atoms with E-state index in [0.29, 0.717) is 13.2 Å². The molecule has 1 saturated carbocycles. The zero-order valence-electron chi connectivity index (χ0n) is 10.8. The first-order valence-electron chi connectivity index (χ1n) is 6.65. The van der Waals surface area contributed by atoms with Gasteiger partial charge in [0, 0.05) is 25.8 Å². The number of carbonyl (C=O) groups excluding carboxylic acids is 1. The lowest BCUT2D eigenvalue weighted by molar-refractivity contribution is 0.101. The number of hydrogen-bond acceptors (Lipinski definition) is 4. The Bertz CT molecular complexity index is 445. The Morgan fingerprint density at radius 2 is 2.17 bits per heavy atom. The lowest BCUT2D eigenvalue weighted by Gasteiger charge is -2.27. The van der Waals surface area contributed by atoms with E-state index in [-0.39, 0.29) is 5.78 Å². The van der Waals surface area contributed by atoms with Crippen LogP contribution in [-0.4, -0.2) is 41.9 Å². The van der Waals surface area contributed by atoms with Gasteiger partial charge in [0.1, 0.15) is 0 Å². The molecule has 0 radical (unpaired) electrons. The van der Waals surface area contributed by atoms with Gasteiger partial charge in [0.15, 0.2) is 11.6 Å². The van der Waals surface area contributed by atoms with Gasteiger partial charge in [0.05, 0.1) is 18.8 Å². The molecule has 5 nitrogen and oxygen atoms in total. The molecular weight excluding hydrogens is 230 g/mol. The number of carbonyl (C=O) groups is 1. The third kappa shape index (κ3) is 2.41. The van der Waals surface area contributed by atoms with Crippen molar-refractivity contribution in [2.75, 3.05) is 31.2 Å². The molecule has 1 aromatic heterocycles. The predicted octanol–water partition coefficient (Wildman–Crippen LogP) is 1.33. The molecule has 0 amide bonds. The van der Waals surface area contributed by atoms with Gasteiger partial charge in [0.25, 0.3) is 0 Å². The molecule has 0 spiro atoms. The number of anilines is 1. The number of rotatable bonds is 4. The summed E-state index contributed by atoms with van der Waals surface area (Å²) < 4.78 is 7.29. The molecule has 0 N–H and O–H groups in total. The van der Waals surface area contributed by atoms with Crippen LogP contribution in [-0.2, 0) is 11.3 Å². The van der Waals surface area contributed by atoms with Crippen LogP contribution in [0.15, 0.2) is 6.20 Å². The number of nitrogens with zero attached hydrogens (tertiary/aromatic N) is 3. The summed E-state index contributed by atoms with van der Waals surface area (Å²) in [5.74, 6) is 1.70. The molecule has 2 aliphatic rings. The first-order valence-corrected chi connectivity index (χ1v) is 6.65. The lowest BCUT2D eigenvalue weighted by atomic mass is 10.2. The topological polar surface area (TPSA) is 47.4 Å². The fourth-order valence-corrected chi connectivity index (χ4v) is 2.33. The monoisotopic (exact) mass is 249 g/mol. The van der Waals surface area contributed by atoms with Crippen molar-refractivity contribution in [3.05, 3.63) is 11.8 Å². The van der Waals surface area contributed by atoms with E-state index in [1.807, 2.05) is 10.9 Å². The van der Waals surface area contributed by atoms with Crippen molar-refractivity contribution in [2.45, 2.75) is 26.3 Å². The first-order chi connectivity index (χ1) is 8.74. The van der Waals surface area contributed by atoms with Crippen LogP contribution in [0.3, 0.4) is 0 Å². The summed E-state index contributed by atoms with van der Waals surface area (Å²) in [4.78, 5) is 13.9. The number of Topliss-reactive ketones (excluding diaryl/α,β-unsaturated/α-hetero) is 1. The van der Waals surface area contributed by atoms with Crippen LogP contribution in [0, 0.1) is 5.92 Å². The smallest absolute Gasteiger partial charge is 0.165 e. The molecule has 1 aliphatic carbocycles. The molecule has 0 aromatic carbocycles. The van der Waals surface area contributed by atoms with Gasteiger partial charge >= 0.3 is 0 Å². The molecular formula is C13H19N3O2. The zero-order chi connectivity index (χ0) is 12.5. The summed E-state index contributed by atoms with van der Waals surface area (Å²) in [6.07, 6.45) is 4.50. The molecule has 2 heterocycles. The Balaban J connectivity index is 1.84. The van der Waals surface area contributed by atoms with E-state index < -0.39 is 0 Å². The van der Waals surface area contributed by atoms with Crippen molar-refractivity contribution in [2.24, 2.45) is 5.92 Å². The van der Waals surface area contributed by atoms with Gasteiger partial charge in [-0.2, -0.15) is 5.10 Å². The van der Waals surface area contributed by atoms with Crippen LogP contribution in [0.4, 0.5) is 5.82 Å². The Kier molecular flexibility index (Phi) is 3.07. The SMILES string of the molecule is CC(=O)c1cn(CC2CC2)nc1N1CCOCC1. The van der Waals surface area contributed by atoms with E-state index >= 15 is 0 Å². The van der Waals surface area contributed by atoms with E-state index in [0.717, 1.165) is 36.9 Å². The molecule has 98 valence electrons. The van der Waals surface area contributed by atoms with E-state index in [2.05, 4.69) is 10.00 Å². The second-order valence-electron chi connectivity index (χ2n) is 5.19. The first kappa shape index (κ1) is 11.7. The third-order valence-corrected chi connectivity index (χ3v) is 3.57. The summed E-state index contributed by atoms with van der Waals surface area (Å²) in [5, 5.41) is 4.60. The Morgan fingerprint density at radius 3 is 2.78 bits per heavy atom. The second-order valence-corrected chi connectivity index (χ2v) is 5.19. The highest BCUT2D eigenvalue weighted by molar-refractivity contribution is 5.98. The van der Waals surface area contributed by atoms with Gasteiger partial charge in [-0.05, 0) is 25.7 Å². The molecule has 0 atom stereocenters. The number of morpholine rings is 1. The van der Waals surface area contributed by atoms with Crippen LogP contribution in [0.1, 0.15) is 30.1 Å². The van der Waals surface area contributed by atoms with Crippen molar-refractivity contribution in [1.82, 2.24) is 9.78 Å². The summed E-state index contributed by atoms with van der Waals surface area (Å²) in [6.45, 7) is 5.63. The van der Waals surface area contributed by atoms with Crippen LogP contribution in [0.5, 0.6) is 0 Å². The van der Waals surface area contributed by atoms with Crippen LogP contribution in [0.2, 0.25) is 0 Å². The quantitative estimate of drug-likeness (QED) is 0.755. The van der Waals surface area contributed by atoms with Gasteiger partial charge in [-0.1, -0.05) is 0 Å². The maximum absolute atomic E-state index is 11.7.